The van der Waals surface area contributed by atoms with Crippen molar-refractivity contribution in [3.63, 3.8) is 0 Å². The first kappa shape index (κ1) is 17.0. The highest BCUT2D eigenvalue weighted by molar-refractivity contribution is 5.39. The Morgan fingerprint density at radius 3 is 2.50 bits per heavy atom. The SMILES string of the molecule is COCCNC(C(C)C)C(O)c1cc(C)ccc1OC. The highest BCUT2D eigenvalue weighted by Crippen LogP contribution is 2.30. The van der Waals surface area contributed by atoms with Crippen molar-refractivity contribution in [1.82, 2.24) is 5.32 Å². The highest BCUT2D eigenvalue weighted by Gasteiger charge is 2.26. The molecule has 4 heteroatoms. The quantitative estimate of drug-likeness (QED) is 0.718. The zero-order valence-corrected chi connectivity index (χ0v) is 13.1. The zero-order chi connectivity index (χ0) is 15.1. The van der Waals surface area contributed by atoms with Gasteiger partial charge in [-0.05, 0) is 25.0 Å². The van der Waals surface area contributed by atoms with Crippen molar-refractivity contribution in [2.24, 2.45) is 5.92 Å². The van der Waals surface area contributed by atoms with Crippen LogP contribution in [0.1, 0.15) is 31.1 Å². The Morgan fingerprint density at radius 2 is 1.95 bits per heavy atom. The fourth-order valence-corrected chi connectivity index (χ4v) is 2.32. The van der Waals surface area contributed by atoms with Crippen LogP contribution < -0.4 is 10.1 Å². The fraction of sp³-hybridized carbons (Fsp3) is 0.625. The second-order valence-corrected chi connectivity index (χ2v) is 5.41. The van der Waals surface area contributed by atoms with Crippen LogP contribution in [0.15, 0.2) is 18.2 Å². The highest BCUT2D eigenvalue weighted by atomic mass is 16.5. The molecule has 0 fully saturated rings. The molecule has 1 aromatic carbocycles. The van der Waals surface area contributed by atoms with Crippen molar-refractivity contribution < 1.29 is 14.6 Å². The fourth-order valence-electron chi connectivity index (χ4n) is 2.32. The first-order valence-corrected chi connectivity index (χ1v) is 7.06. The number of benzene rings is 1. The molecule has 0 saturated heterocycles. The summed E-state index contributed by atoms with van der Waals surface area (Å²) in [5.74, 6) is 1.02. The second-order valence-electron chi connectivity index (χ2n) is 5.41. The van der Waals surface area contributed by atoms with E-state index in [-0.39, 0.29) is 6.04 Å². The average Bonchev–Trinajstić information content (AvgIpc) is 2.42. The van der Waals surface area contributed by atoms with Crippen LogP contribution in [0.3, 0.4) is 0 Å². The van der Waals surface area contributed by atoms with E-state index in [4.69, 9.17) is 9.47 Å². The molecule has 0 aliphatic rings. The van der Waals surface area contributed by atoms with Crippen LogP contribution in [0.5, 0.6) is 5.75 Å². The van der Waals surface area contributed by atoms with Crippen molar-refractivity contribution >= 4 is 0 Å². The molecule has 114 valence electrons. The maximum Gasteiger partial charge on any atom is 0.124 e. The van der Waals surface area contributed by atoms with E-state index in [1.807, 2.05) is 25.1 Å². The number of rotatable bonds is 8. The lowest BCUT2D eigenvalue weighted by Crippen LogP contribution is -2.41. The topological polar surface area (TPSA) is 50.7 Å². The van der Waals surface area contributed by atoms with Crippen LogP contribution in [0, 0.1) is 12.8 Å². The molecule has 1 aromatic rings. The third-order valence-corrected chi connectivity index (χ3v) is 3.45. The van der Waals surface area contributed by atoms with Crippen LogP contribution in [-0.2, 0) is 4.74 Å². The minimum atomic E-state index is -0.610. The largest absolute Gasteiger partial charge is 0.496 e. The summed E-state index contributed by atoms with van der Waals surface area (Å²) in [6, 6.07) is 5.83. The smallest absolute Gasteiger partial charge is 0.124 e. The Balaban J connectivity index is 2.93. The first-order chi connectivity index (χ1) is 9.51. The summed E-state index contributed by atoms with van der Waals surface area (Å²) in [6.07, 6.45) is -0.610. The summed E-state index contributed by atoms with van der Waals surface area (Å²) in [6.45, 7) is 7.54. The Kier molecular flexibility index (Phi) is 6.99. The number of hydrogen-bond acceptors (Lipinski definition) is 4. The molecule has 0 radical (unpaired) electrons. The molecule has 2 N–H and O–H groups in total. The van der Waals surface area contributed by atoms with Gasteiger partial charge < -0.3 is 19.9 Å². The summed E-state index contributed by atoms with van der Waals surface area (Å²) < 4.78 is 10.4. The van der Waals surface area contributed by atoms with Gasteiger partial charge in [0.2, 0.25) is 0 Å². The number of aliphatic hydroxyl groups excluding tert-OH is 1. The van der Waals surface area contributed by atoms with Gasteiger partial charge in [0, 0.05) is 25.3 Å². The summed E-state index contributed by atoms with van der Waals surface area (Å²) in [7, 11) is 3.30. The summed E-state index contributed by atoms with van der Waals surface area (Å²) in [5, 5.41) is 14.1. The van der Waals surface area contributed by atoms with Crippen molar-refractivity contribution in [3.05, 3.63) is 29.3 Å². The molecule has 1 rings (SSSR count). The maximum atomic E-state index is 10.7. The van der Waals surface area contributed by atoms with E-state index in [0.29, 0.717) is 19.1 Å². The number of methoxy groups -OCH3 is 2. The Bertz CT molecular complexity index is 407. The molecule has 2 unspecified atom stereocenters. The molecule has 0 saturated carbocycles. The van der Waals surface area contributed by atoms with Crippen LogP contribution in [0.4, 0.5) is 0 Å². The second kappa shape index (κ2) is 8.25. The Labute approximate surface area is 122 Å². The number of aryl methyl sites for hydroxylation is 1. The van der Waals surface area contributed by atoms with Crippen molar-refractivity contribution in [3.8, 4) is 5.75 Å². The van der Waals surface area contributed by atoms with Gasteiger partial charge in [-0.2, -0.15) is 0 Å². The minimum absolute atomic E-state index is 0.0409. The van der Waals surface area contributed by atoms with Crippen molar-refractivity contribution in [2.45, 2.75) is 32.9 Å². The summed E-state index contributed by atoms with van der Waals surface area (Å²) in [5.41, 5.74) is 1.94. The molecule has 0 bridgehead atoms. The standard InChI is InChI=1S/C16H27NO3/c1-11(2)15(17-8-9-19-4)16(18)13-10-12(3)6-7-14(13)20-5/h6-7,10-11,15-18H,8-9H2,1-5H3. The average molecular weight is 281 g/mol. The third kappa shape index (κ3) is 4.47. The van der Waals surface area contributed by atoms with Gasteiger partial charge in [0.15, 0.2) is 0 Å². The predicted molar refractivity (Wildman–Crippen MR) is 81.2 cm³/mol. The van der Waals surface area contributed by atoms with Gasteiger partial charge in [-0.1, -0.05) is 25.5 Å². The van der Waals surface area contributed by atoms with Gasteiger partial charge in [-0.3, -0.25) is 0 Å². The number of hydrogen-bond donors (Lipinski definition) is 2. The molecule has 0 aliphatic carbocycles. The van der Waals surface area contributed by atoms with Gasteiger partial charge in [0.05, 0.1) is 19.8 Å². The van der Waals surface area contributed by atoms with Gasteiger partial charge in [-0.25, -0.2) is 0 Å². The molecule has 0 spiro atoms. The van der Waals surface area contributed by atoms with Crippen LogP contribution in [-0.4, -0.2) is 38.5 Å². The predicted octanol–water partition coefficient (Wildman–Crippen LogP) is 2.30. The molecule has 20 heavy (non-hydrogen) atoms. The van der Waals surface area contributed by atoms with Gasteiger partial charge in [-0.15, -0.1) is 0 Å². The van der Waals surface area contributed by atoms with E-state index in [1.54, 1.807) is 14.2 Å². The van der Waals surface area contributed by atoms with E-state index < -0.39 is 6.10 Å². The van der Waals surface area contributed by atoms with Gasteiger partial charge in [0.1, 0.15) is 5.75 Å². The molecule has 0 aromatic heterocycles. The first-order valence-electron chi connectivity index (χ1n) is 7.06. The maximum absolute atomic E-state index is 10.7. The van der Waals surface area contributed by atoms with Gasteiger partial charge >= 0.3 is 0 Å². The minimum Gasteiger partial charge on any atom is -0.496 e. The molecular weight excluding hydrogens is 254 g/mol. The number of ether oxygens (including phenoxy) is 2. The lowest BCUT2D eigenvalue weighted by Gasteiger charge is -2.29. The Hall–Kier alpha value is -1.10. The van der Waals surface area contributed by atoms with Crippen molar-refractivity contribution in [2.75, 3.05) is 27.4 Å². The normalized spacial score (nSPS) is 14.3. The molecule has 0 heterocycles. The van der Waals surface area contributed by atoms with E-state index in [9.17, 15) is 5.11 Å². The van der Waals surface area contributed by atoms with E-state index >= 15 is 0 Å². The van der Waals surface area contributed by atoms with Crippen LogP contribution in [0.2, 0.25) is 0 Å². The van der Waals surface area contributed by atoms with Crippen LogP contribution in [0.25, 0.3) is 0 Å². The van der Waals surface area contributed by atoms with Crippen LogP contribution >= 0.6 is 0 Å². The molecule has 0 amide bonds. The van der Waals surface area contributed by atoms with Gasteiger partial charge in [0.25, 0.3) is 0 Å². The third-order valence-electron chi connectivity index (χ3n) is 3.45. The monoisotopic (exact) mass is 281 g/mol. The van der Waals surface area contributed by atoms with Crippen molar-refractivity contribution in [1.29, 1.82) is 0 Å². The molecule has 2 atom stereocenters. The summed E-state index contributed by atoms with van der Waals surface area (Å²) in [4.78, 5) is 0. The Morgan fingerprint density at radius 1 is 1.25 bits per heavy atom. The number of aliphatic hydroxyl groups is 1. The molecule has 4 nitrogen and oxygen atoms in total. The van der Waals surface area contributed by atoms with E-state index in [2.05, 4.69) is 19.2 Å². The molecular formula is C16H27NO3. The zero-order valence-electron chi connectivity index (χ0n) is 13.1. The van der Waals surface area contributed by atoms with E-state index in [1.165, 1.54) is 0 Å². The lowest BCUT2D eigenvalue weighted by atomic mass is 9.92. The molecule has 0 aliphatic heterocycles. The lowest BCUT2D eigenvalue weighted by molar-refractivity contribution is 0.0955. The van der Waals surface area contributed by atoms with E-state index in [0.717, 1.165) is 16.9 Å². The summed E-state index contributed by atoms with van der Waals surface area (Å²) >= 11 is 0. The number of nitrogens with one attached hydrogen (secondary N) is 1.